The standard InChI is InChI=1S/C18H40N.ClH/c1-7-9-13-19(14-10-8-2,15-11-17(3)4)16-12-18(5)6;/h17-18H,7-16H2,1-6H3;1H/q+1;/p-1. The van der Waals surface area contributed by atoms with Crippen molar-refractivity contribution in [2.24, 2.45) is 11.8 Å². The average molecular weight is 306 g/mol. The minimum Gasteiger partial charge on any atom is -1.00 e. The average Bonchev–Trinajstić information content (AvgIpc) is 2.37. The van der Waals surface area contributed by atoms with E-state index in [1.165, 1.54) is 69.2 Å². The number of hydrogen-bond donors (Lipinski definition) is 0. The molecule has 0 aromatic heterocycles. The lowest BCUT2D eigenvalue weighted by Crippen LogP contribution is -3.00. The van der Waals surface area contributed by atoms with Gasteiger partial charge in [0, 0.05) is 0 Å². The van der Waals surface area contributed by atoms with E-state index in [-0.39, 0.29) is 12.4 Å². The highest BCUT2D eigenvalue weighted by Gasteiger charge is 2.26. The first-order valence-corrected chi connectivity index (χ1v) is 8.81. The van der Waals surface area contributed by atoms with Crippen LogP contribution in [0.4, 0.5) is 0 Å². The van der Waals surface area contributed by atoms with Crippen LogP contribution < -0.4 is 12.4 Å². The molecule has 0 aromatic carbocycles. The van der Waals surface area contributed by atoms with Crippen molar-refractivity contribution in [3.63, 3.8) is 0 Å². The van der Waals surface area contributed by atoms with E-state index in [1.807, 2.05) is 0 Å². The monoisotopic (exact) mass is 305 g/mol. The number of nitrogens with zero attached hydrogens (tertiary/aromatic N) is 1. The maximum absolute atomic E-state index is 2.37. The molecule has 0 aliphatic rings. The van der Waals surface area contributed by atoms with Crippen molar-refractivity contribution in [2.45, 2.75) is 80.1 Å². The summed E-state index contributed by atoms with van der Waals surface area (Å²) in [5.41, 5.74) is 0. The Morgan fingerprint density at radius 2 is 1.00 bits per heavy atom. The van der Waals surface area contributed by atoms with Crippen LogP contribution in [0.2, 0.25) is 0 Å². The zero-order valence-corrected chi connectivity index (χ0v) is 15.8. The molecule has 0 fully saturated rings. The third-order valence-electron chi connectivity index (χ3n) is 4.33. The molecule has 0 rings (SSSR count). The Bertz CT molecular complexity index is 180. The van der Waals surface area contributed by atoms with Crippen molar-refractivity contribution in [1.82, 2.24) is 0 Å². The van der Waals surface area contributed by atoms with Gasteiger partial charge in [0.05, 0.1) is 26.2 Å². The molecular formula is C18H40ClN. The van der Waals surface area contributed by atoms with Gasteiger partial charge in [-0.25, -0.2) is 0 Å². The van der Waals surface area contributed by atoms with Crippen molar-refractivity contribution in [3.05, 3.63) is 0 Å². The van der Waals surface area contributed by atoms with Gasteiger partial charge in [-0.2, -0.15) is 0 Å². The summed E-state index contributed by atoms with van der Waals surface area (Å²) in [7, 11) is 0. The first-order chi connectivity index (χ1) is 8.95. The van der Waals surface area contributed by atoms with E-state index in [0.717, 1.165) is 11.8 Å². The molecule has 2 heteroatoms. The molecule has 20 heavy (non-hydrogen) atoms. The van der Waals surface area contributed by atoms with E-state index in [4.69, 9.17) is 0 Å². The number of hydrogen-bond acceptors (Lipinski definition) is 0. The van der Waals surface area contributed by atoms with E-state index in [0.29, 0.717) is 0 Å². The van der Waals surface area contributed by atoms with Crippen molar-refractivity contribution < 1.29 is 16.9 Å². The van der Waals surface area contributed by atoms with Gasteiger partial charge in [-0.15, -0.1) is 0 Å². The van der Waals surface area contributed by atoms with Crippen LogP contribution in [0.15, 0.2) is 0 Å². The lowest BCUT2D eigenvalue weighted by atomic mass is 10.0. The fourth-order valence-corrected chi connectivity index (χ4v) is 2.72. The van der Waals surface area contributed by atoms with Crippen LogP contribution >= 0.6 is 0 Å². The topological polar surface area (TPSA) is 0 Å². The fourth-order valence-electron chi connectivity index (χ4n) is 2.72. The molecule has 1 nitrogen and oxygen atoms in total. The molecule has 0 atom stereocenters. The maximum Gasteiger partial charge on any atom is 0.0789 e. The summed E-state index contributed by atoms with van der Waals surface area (Å²) in [6.07, 6.45) is 8.28. The molecule has 0 aliphatic heterocycles. The van der Waals surface area contributed by atoms with Crippen LogP contribution in [0.1, 0.15) is 80.1 Å². The molecule has 0 saturated carbocycles. The Morgan fingerprint density at radius 3 is 1.25 bits per heavy atom. The summed E-state index contributed by atoms with van der Waals surface area (Å²) in [6.45, 7) is 19.8. The van der Waals surface area contributed by atoms with Crippen molar-refractivity contribution >= 4 is 0 Å². The zero-order valence-electron chi connectivity index (χ0n) is 15.1. The molecule has 0 saturated heterocycles. The summed E-state index contributed by atoms with van der Waals surface area (Å²) in [4.78, 5) is 0. The Kier molecular flexibility index (Phi) is 14.6. The summed E-state index contributed by atoms with van der Waals surface area (Å²) in [5.74, 6) is 1.69. The maximum atomic E-state index is 2.37. The Labute approximate surface area is 135 Å². The van der Waals surface area contributed by atoms with Crippen LogP contribution in [0.5, 0.6) is 0 Å². The molecule has 0 spiro atoms. The largest absolute Gasteiger partial charge is 1.00 e. The first kappa shape index (κ1) is 22.5. The van der Waals surface area contributed by atoms with Crippen LogP contribution in [-0.4, -0.2) is 30.7 Å². The Balaban J connectivity index is 0. The number of unbranched alkanes of at least 4 members (excludes halogenated alkanes) is 2. The molecular weight excluding hydrogens is 266 g/mol. The predicted octanol–water partition coefficient (Wildman–Crippen LogP) is 2.50. The Morgan fingerprint density at radius 1 is 0.650 bits per heavy atom. The molecule has 0 aliphatic carbocycles. The molecule has 0 radical (unpaired) electrons. The SMILES string of the molecule is CCCC[N+](CCCC)(CCC(C)C)CCC(C)C.[Cl-]. The highest BCUT2D eigenvalue weighted by atomic mass is 35.5. The summed E-state index contributed by atoms with van der Waals surface area (Å²) < 4.78 is 1.40. The molecule has 0 heterocycles. The second kappa shape index (κ2) is 13.0. The molecule has 0 aromatic rings. The van der Waals surface area contributed by atoms with Gasteiger partial charge in [0.2, 0.25) is 0 Å². The summed E-state index contributed by atoms with van der Waals surface area (Å²) in [5, 5.41) is 0. The number of rotatable bonds is 12. The van der Waals surface area contributed by atoms with Crippen molar-refractivity contribution in [2.75, 3.05) is 26.2 Å². The number of halogens is 1. The molecule has 124 valence electrons. The quantitative estimate of drug-likeness (QED) is 0.486. The molecule has 0 amide bonds. The molecule has 0 N–H and O–H groups in total. The number of quaternary nitrogens is 1. The molecule has 0 unspecified atom stereocenters. The minimum absolute atomic E-state index is 0. The van der Waals surface area contributed by atoms with Gasteiger partial charge < -0.3 is 16.9 Å². The third kappa shape index (κ3) is 11.0. The smallest absolute Gasteiger partial charge is 0.0789 e. The van der Waals surface area contributed by atoms with Gasteiger partial charge in [-0.3, -0.25) is 0 Å². The Hall–Kier alpha value is 0.250. The van der Waals surface area contributed by atoms with Gasteiger partial charge in [0.15, 0.2) is 0 Å². The minimum atomic E-state index is 0. The first-order valence-electron chi connectivity index (χ1n) is 8.81. The van der Waals surface area contributed by atoms with Crippen LogP contribution in [0.3, 0.4) is 0 Å². The second-order valence-electron chi connectivity index (χ2n) is 7.31. The lowest BCUT2D eigenvalue weighted by molar-refractivity contribution is -0.929. The van der Waals surface area contributed by atoms with E-state index >= 15 is 0 Å². The van der Waals surface area contributed by atoms with Gasteiger partial charge in [0.25, 0.3) is 0 Å². The highest BCUT2D eigenvalue weighted by molar-refractivity contribution is 4.53. The van der Waals surface area contributed by atoms with Gasteiger partial charge >= 0.3 is 0 Å². The van der Waals surface area contributed by atoms with Crippen molar-refractivity contribution in [3.8, 4) is 0 Å². The normalized spacial score (nSPS) is 12.0. The van der Waals surface area contributed by atoms with E-state index < -0.39 is 0 Å². The van der Waals surface area contributed by atoms with Gasteiger partial charge in [0.1, 0.15) is 0 Å². The van der Waals surface area contributed by atoms with Crippen molar-refractivity contribution in [1.29, 1.82) is 0 Å². The highest BCUT2D eigenvalue weighted by Crippen LogP contribution is 2.19. The van der Waals surface area contributed by atoms with Gasteiger partial charge in [-0.05, 0) is 37.5 Å². The lowest BCUT2D eigenvalue weighted by Gasteiger charge is -2.40. The van der Waals surface area contributed by atoms with Gasteiger partial charge in [-0.1, -0.05) is 54.4 Å². The summed E-state index contributed by atoms with van der Waals surface area (Å²) in [6, 6.07) is 0. The predicted molar refractivity (Wildman–Crippen MR) is 88.5 cm³/mol. The van der Waals surface area contributed by atoms with E-state index in [9.17, 15) is 0 Å². The third-order valence-corrected chi connectivity index (χ3v) is 4.33. The van der Waals surface area contributed by atoms with Crippen LogP contribution in [0.25, 0.3) is 0 Å². The van der Waals surface area contributed by atoms with Crippen LogP contribution in [-0.2, 0) is 0 Å². The van der Waals surface area contributed by atoms with E-state index in [2.05, 4.69) is 41.5 Å². The second-order valence-corrected chi connectivity index (χ2v) is 7.31. The fraction of sp³-hybridized carbons (Fsp3) is 1.00. The van der Waals surface area contributed by atoms with Crippen LogP contribution in [0, 0.1) is 11.8 Å². The zero-order chi connectivity index (χ0) is 14.7. The summed E-state index contributed by atoms with van der Waals surface area (Å²) >= 11 is 0. The molecule has 0 bridgehead atoms. The van der Waals surface area contributed by atoms with E-state index in [1.54, 1.807) is 0 Å².